The predicted octanol–water partition coefficient (Wildman–Crippen LogP) is 3.09. The molecule has 0 aliphatic rings. The summed E-state index contributed by atoms with van der Waals surface area (Å²) in [5.41, 5.74) is 3.00. The molecule has 0 radical (unpaired) electrons. The second-order valence-corrected chi connectivity index (χ2v) is 4.51. The van der Waals surface area contributed by atoms with E-state index in [0.717, 1.165) is 17.1 Å². The lowest BCUT2D eigenvalue weighted by Gasteiger charge is -2.27. The third-order valence-electron chi connectivity index (χ3n) is 3.45. The fourth-order valence-electron chi connectivity index (χ4n) is 2.36. The van der Waals surface area contributed by atoms with Crippen LogP contribution in [0.25, 0.3) is 0 Å². The van der Waals surface area contributed by atoms with E-state index in [-0.39, 0.29) is 5.41 Å². The summed E-state index contributed by atoms with van der Waals surface area (Å²) >= 11 is 0. The molecule has 0 bridgehead atoms. The van der Waals surface area contributed by atoms with Gasteiger partial charge in [0.05, 0.1) is 11.1 Å². The van der Waals surface area contributed by atoms with Gasteiger partial charge in [-0.05, 0) is 43.3 Å². The average molecular weight is 237 g/mol. The summed E-state index contributed by atoms with van der Waals surface area (Å²) in [5.74, 6) is 0. The number of nitrogens with zero attached hydrogens (tertiary/aromatic N) is 1. The number of hydrogen-bond donors (Lipinski definition) is 2. The molecule has 3 heteroatoms. The van der Waals surface area contributed by atoms with Crippen molar-refractivity contribution in [3.05, 3.63) is 78.1 Å². The van der Waals surface area contributed by atoms with Crippen molar-refractivity contribution < 1.29 is 0 Å². The van der Waals surface area contributed by atoms with Crippen LogP contribution in [-0.2, 0) is 5.41 Å². The first-order valence-corrected chi connectivity index (χ1v) is 6.01. The van der Waals surface area contributed by atoms with Crippen LogP contribution in [0.5, 0.6) is 0 Å². The van der Waals surface area contributed by atoms with Crippen LogP contribution in [0.4, 0.5) is 0 Å². The van der Waals surface area contributed by atoms with Gasteiger partial charge in [-0.2, -0.15) is 0 Å². The van der Waals surface area contributed by atoms with Crippen LogP contribution in [0.2, 0.25) is 0 Å². The number of aromatic nitrogens is 3. The molecule has 0 saturated carbocycles. The van der Waals surface area contributed by atoms with E-state index < -0.39 is 0 Å². The highest BCUT2D eigenvalue weighted by atomic mass is 14.8. The van der Waals surface area contributed by atoms with E-state index in [1.165, 1.54) is 0 Å². The molecular weight excluding hydrogens is 222 g/mol. The van der Waals surface area contributed by atoms with Gasteiger partial charge in [0.15, 0.2) is 0 Å². The summed E-state index contributed by atoms with van der Waals surface area (Å²) < 4.78 is 0. The van der Waals surface area contributed by atoms with Crippen molar-refractivity contribution in [2.24, 2.45) is 0 Å². The Balaban J connectivity index is 2.22. The van der Waals surface area contributed by atoms with E-state index in [1.807, 2.05) is 42.9 Å². The summed E-state index contributed by atoms with van der Waals surface area (Å²) in [6, 6.07) is 14.2. The quantitative estimate of drug-likeness (QED) is 0.722. The second kappa shape index (κ2) is 4.18. The number of rotatable bonds is 3. The van der Waals surface area contributed by atoms with E-state index in [9.17, 15) is 0 Å². The number of H-pyrrole nitrogens is 2. The van der Waals surface area contributed by atoms with Crippen molar-refractivity contribution in [2.75, 3.05) is 0 Å². The Morgan fingerprint density at radius 2 is 1.56 bits per heavy atom. The molecule has 3 rings (SSSR count). The highest BCUT2D eigenvalue weighted by Gasteiger charge is 2.34. The number of nitrogens with one attached hydrogen (secondary N) is 2. The molecule has 2 N–H and O–H groups in total. The molecule has 0 aliphatic carbocycles. The molecule has 3 aromatic heterocycles. The number of hydrogen-bond acceptors (Lipinski definition) is 1. The average Bonchev–Trinajstić information content (AvgIpc) is 3.12. The minimum Gasteiger partial charge on any atom is -0.364 e. The highest BCUT2D eigenvalue weighted by molar-refractivity contribution is 5.41. The minimum atomic E-state index is -0.283. The first-order valence-electron chi connectivity index (χ1n) is 6.01. The molecule has 3 nitrogen and oxygen atoms in total. The van der Waals surface area contributed by atoms with Crippen molar-refractivity contribution in [3.63, 3.8) is 0 Å². The molecule has 90 valence electrons. The lowest BCUT2D eigenvalue weighted by atomic mass is 9.80. The summed E-state index contributed by atoms with van der Waals surface area (Å²) in [6.45, 7) is 2.17. The van der Waals surface area contributed by atoms with Gasteiger partial charge in [0.1, 0.15) is 0 Å². The smallest absolute Gasteiger partial charge is 0.0894 e. The zero-order valence-corrected chi connectivity index (χ0v) is 10.2. The Hall–Kier alpha value is -2.29. The maximum absolute atomic E-state index is 4.52. The minimum absolute atomic E-state index is 0.283. The third-order valence-corrected chi connectivity index (χ3v) is 3.45. The fourth-order valence-corrected chi connectivity index (χ4v) is 2.36. The molecule has 3 heterocycles. The van der Waals surface area contributed by atoms with Crippen LogP contribution in [0.3, 0.4) is 0 Å². The van der Waals surface area contributed by atoms with Crippen molar-refractivity contribution in [1.29, 1.82) is 0 Å². The highest BCUT2D eigenvalue weighted by Crippen LogP contribution is 2.35. The van der Waals surface area contributed by atoms with Crippen LogP contribution in [-0.4, -0.2) is 15.0 Å². The van der Waals surface area contributed by atoms with Gasteiger partial charge in [-0.15, -0.1) is 0 Å². The molecule has 0 saturated heterocycles. The van der Waals surface area contributed by atoms with Crippen molar-refractivity contribution in [3.8, 4) is 0 Å². The summed E-state index contributed by atoms with van der Waals surface area (Å²) in [5, 5.41) is 0. The Kier molecular flexibility index (Phi) is 2.52. The van der Waals surface area contributed by atoms with E-state index in [0.29, 0.717) is 0 Å². The zero-order chi connectivity index (χ0) is 12.4. The van der Waals surface area contributed by atoms with Gasteiger partial charge in [0.25, 0.3) is 0 Å². The van der Waals surface area contributed by atoms with Crippen LogP contribution in [0.15, 0.2) is 61.1 Å². The summed E-state index contributed by atoms with van der Waals surface area (Å²) in [7, 11) is 0. The van der Waals surface area contributed by atoms with Gasteiger partial charge >= 0.3 is 0 Å². The van der Waals surface area contributed by atoms with E-state index in [1.54, 1.807) is 0 Å². The SMILES string of the molecule is CC(c1ccccn1)(c1ccc[nH]1)c1ccc[nH]1. The molecule has 0 unspecified atom stereocenters. The van der Waals surface area contributed by atoms with Gasteiger partial charge in [-0.1, -0.05) is 6.07 Å². The first-order chi connectivity index (χ1) is 8.82. The Morgan fingerprint density at radius 1 is 0.889 bits per heavy atom. The van der Waals surface area contributed by atoms with Gasteiger partial charge in [0.2, 0.25) is 0 Å². The molecule has 0 spiro atoms. The van der Waals surface area contributed by atoms with E-state index in [2.05, 4.69) is 40.1 Å². The molecule has 0 aromatic carbocycles. The second-order valence-electron chi connectivity index (χ2n) is 4.51. The Bertz CT molecular complexity index is 560. The van der Waals surface area contributed by atoms with Gasteiger partial charge in [-0.3, -0.25) is 4.98 Å². The fraction of sp³-hybridized carbons (Fsp3) is 0.133. The number of pyridine rings is 1. The molecule has 0 aliphatic heterocycles. The van der Waals surface area contributed by atoms with Crippen LogP contribution >= 0.6 is 0 Å². The van der Waals surface area contributed by atoms with Crippen molar-refractivity contribution in [1.82, 2.24) is 15.0 Å². The largest absolute Gasteiger partial charge is 0.364 e. The van der Waals surface area contributed by atoms with Gasteiger partial charge in [-0.25, -0.2) is 0 Å². The summed E-state index contributed by atoms with van der Waals surface area (Å²) in [4.78, 5) is 11.1. The maximum Gasteiger partial charge on any atom is 0.0894 e. The Morgan fingerprint density at radius 3 is 2.00 bits per heavy atom. The Labute approximate surface area is 106 Å². The van der Waals surface area contributed by atoms with Crippen LogP contribution in [0.1, 0.15) is 24.0 Å². The normalized spacial score (nSPS) is 11.6. The molecular formula is C15H15N3. The molecule has 3 aromatic rings. The number of aromatic amines is 2. The standard InChI is InChI=1S/C15H15N3/c1-15(13-7-4-10-17-13,14-8-5-11-18-14)12-6-2-3-9-16-12/h2-11,17-18H,1H3. The molecule has 0 amide bonds. The molecule has 0 fully saturated rings. The van der Waals surface area contributed by atoms with Crippen molar-refractivity contribution >= 4 is 0 Å². The zero-order valence-electron chi connectivity index (χ0n) is 10.2. The molecule has 0 atom stereocenters. The van der Waals surface area contributed by atoms with Crippen molar-refractivity contribution in [2.45, 2.75) is 12.3 Å². The van der Waals surface area contributed by atoms with Crippen LogP contribution < -0.4 is 0 Å². The first kappa shape index (κ1) is 10.8. The third kappa shape index (κ3) is 1.56. The lowest BCUT2D eigenvalue weighted by molar-refractivity contribution is 0.628. The topological polar surface area (TPSA) is 44.5 Å². The van der Waals surface area contributed by atoms with Gasteiger partial charge in [0, 0.05) is 30.0 Å². The van der Waals surface area contributed by atoms with Crippen LogP contribution in [0, 0.1) is 0 Å². The maximum atomic E-state index is 4.52. The molecule has 18 heavy (non-hydrogen) atoms. The summed E-state index contributed by atoms with van der Waals surface area (Å²) in [6.07, 6.45) is 5.72. The van der Waals surface area contributed by atoms with Gasteiger partial charge < -0.3 is 9.97 Å². The predicted molar refractivity (Wildman–Crippen MR) is 71.4 cm³/mol. The van der Waals surface area contributed by atoms with E-state index in [4.69, 9.17) is 0 Å². The lowest BCUT2D eigenvalue weighted by Crippen LogP contribution is -2.27. The monoisotopic (exact) mass is 237 g/mol. The van der Waals surface area contributed by atoms with E-state index >= 15 is 0 Å².